The summed E-state index contributed by atoms with van der Waals surface area (Å²) >= 11 is 0. The number of rotatable bonds is 5. The molecule has 1 unspecified atom stereocenters. The number of benzene rings is 1. The zero-order valence-corrected chi connectivity index (χ0v) is 19.8. The fourth-order valence-corrected chi connectivity index (χ4v) is 2.99. The number of guanidine groups is 1. The highest BCUT2D eigenvalue weighted by Gasteiger charge is 2.27. The largest absolute Gasteiger partial charge is 0.497 e. The minimum atomic E-state index is -0.485. The molecule has 2 rings (SSSR count). The maximum absolute atomic E-state index is 11.9. The molecule has 2 N–H and O–H groups in total. The summed E-state index contributed by atoms with van der Waals surface area (Å²) in [5.74, 6) is 1.72. The van der Waals surface area contributed by atoms with Gasteiger partial charge >= 0.3 is 6.09 Å². The first-order valence-corrected chi connectivity index (χ1v) is 9.39. The van der Waals surface area contributed by atoms with E-state index in [-0.39, 0.29) is 36.1 Å². The molecular formula is C20H33IN4O3. The Morgan fingerprint density at radius 3 is 2.54 bits per heavy atom. The Balaban J connectivity index is 0.00000392. The second-order valence-electron chi connectivity index (χ2n) is 7.65. The van der Waals surface area contributed by atoms with Gasteiger partial charge in [0.25, 0.3) is 0 Å². The molecule has 1 fully saturated rings. The second kappa shape index (κ2) is 11.3. The third-order valence-corrected chi connectivity index (χ3v) is 4.28. The summed E-state index contributed by atoms with van der Waals surface area (Å²) in [6, 6.07) is 8.15. The smallest absolute Gasteiger partial charge is 0.407 e. The predicted octanol–water partition coefficient (Wildman–Crippen LogP) is 3.03. The minimum Gasteiger partial charge on any atom is -0.497 e. The highest BCUT2D eigenvalue weighted by molar-refractivity contribution is 14.0. The molecule has 0 aromatic heterocycles. The van der Waals surface area contributed by atoms with Gasteiger partial charge in [0.1, 0.15) is 11.4 Å². The van der Waals surface area contributed by atoms with Crippen molar-refractivity contribution in [2.75, 3.05) is 33.8 Å². The first kappa shape index (κ1) is 24.3. The van der Waals surface area contributed by atoms with Gasteiger partial charge in [0.05, 0.1) is 13.2 Å². The second-order valence-corrected chi connectivity index (χ2v) is 7.65. The molecule has 1 aromatic carbocycles. The third-order valence-electron chi connectivity index (χ3n) is 4.28. The number of likely N-dealkylation sites (tertiary alicyclic amines) is 1. The number of alkyl carbamates (subject to hydrolysis) is 1. The van der Waals surface area contributed by atoms with Gasteiger partial charge in [-0.15, -0.1) is 24.0 Å². The molecule has 1 aliphatic rings. The van der Waals surface area contributed by atoms with Gasteiger partial charge in [-0.1, -0.05) is 12.1 Å². The fourth-order valence-electron chi connectivity index (χ4n) is 2.99. The normalized spacial score (nSPS) is 17.0. The van der Waals surface area contributed by atoms with Crippen molar-refractivity contribution in [1.29, 1.82) is 0 Å². The molecule has 1 aliphatic heterocycles. The van der Waals surface area contributed by atoms with E-state index in [1.54, 1.807) is 14.2 Å². The van der Waals surface area contributed by atoms with E-state index in [9.17, 15) is 4.79 Å². The number of nitrogens with zero attached hydrogens (tertiary/aromatic N) is 2. The average Bonchev–Trinajstić information content (AvgIpc) is 3.05. The number of methoxy groups -OCH3 is 1. The summed E-state index contributed by atoms with van der Waals surface area (Å²) in [7, 11) is 3.45. The SMILES string of the molecule is CN=C(NCCc1ccc(OC)cc1)N1CCC(NC(=O)OC(C)(C)C)C1.I. The van der Waals surface area contributed by atoms with Crippen LogP contribution in [-0.4, -0.2) is 62.4 Å². The topological polar surface area (TPSA) is 75.2 Å². The van der Waals surface area contributed by atoms with Gasteiger partial charge in [0, 0.05) is 26.7 Å². The van der Waals surface area contributed by atoms with Gasteiger partial charge in [-0.25, -0.2) is 4.79 Å². The quantitative estimate of drug-likeness (QED) is 0.367. The van der Waals surface area contributed by atoms with Crippen LogP contribution in [0.25, 0.3) is 0 Å². The van der Waals surface area contributed by atoms with E-state index in [0.717, 1.165) is 44.2 Å². The summed E-state index contributed by atoms with van der Waals surface area (Å²) < 4.78 is 10.5. The number of amides is 1. The van der Waals surface area contributed by atoms with Gasteiger partial charge in [0.2, 0.25) is 0 Å². The fraction of sp³-hybridized carbons (Fsp3) is 0.600. The number of carbonyl (C=O) groups excluding carboxylic acids is 1. The highest BCUT2D eigenvalue weighted by Crippen LogP contribution is 2.13. The summed E-state index contributed by atoms with van der Waals surface area (Å²) in [4.78, 5) is 18.5. The molecule has 7 nitrogen and oxygen atoms in total. The van der Waals surface area contributed by atoms with Crippen LogP contribution in [0.5, 0.6) is 5.75 Å². The Kier molecular flexibility index (Phi) is 9.84. The molecule has 1 heterocycles. The number of aliphatic imine (C=N–C) groups is 1. The van der Waals surface area contributed by atoms with E-state index in [4.69, 9.17) is 9.47 Å². The van der Waals surface area contributed by atoms with Crippen molar-refractivity contribution in [3.05, 3.63) is 29.8 Å². The molecular weight excluding hydrogens is 471 g/mol. The molecule has 8 heteroatoms. The van der Waals surface area contributed by atoms with Gasteiger partial charge in [-0.05, 0) is 51.3 Å². The van der Waals surface area contributed by atoms with Crippen LogP contribution in [0.4, 0.5) is 4.79 Å². The first-order chi connectivity index (χ1) is 12.8. The standard InChI is InChI=1S/C20H32N4O3.HI/c1-20(2,3)27-19(25)23-16-11-13-24(14-16)18(21-4)22-12-10-15-6-8-17(26-5)9-7-15;/h6-9,16H,10-14H2,1-5H3,(H,21,22)(H,23,25);1H. The van der Waals surface area contributed by atoms with Gasteiger partial charge in [-0.3, -0.25) is 4.99 Å². The van der Waals surface area contributed by atoms with Crippen LogP contribution in [0.3, 0.4) is 0 Å². The van der Waals surface area contributed by atoms with Crippen molar-refractivity contribution >= 4 is 36.0 Å². The van der Waals surface area contributed by atoms with Crippen LogP contribution in [0, 0.1) is 0 Å². The first-order valence-electron chi connectivity index (χ1n) is 9.39. The van der Waals surface area contributed by atoms with Gasteiger partial charge < -0.3 is 25.0 Å². The molecule has 0 spiro atoms. The highest BCUT2D eigenvalue weighted by atomic mass is 127. The zero-order valence-electron chi connectivity index (χ0n) is 17.4. The average molecular weight is 504 g/mol. The van der Waals surface area contributed by atoms with Crippen LogP contribution in [0.15, 0.2) is 29.3 Å². The van der Waals surface area contributed by atoms with Gasteiger partial charge in [-0.2, -0.15) is 0 Å². The molecule has 1 aromatic rings. The summed E-state index contributed by atoms with van der Waals surface area (Å²) in [6.07, 6.45) is 1.41. The van der Waals surface area contributed by atoms with E-state index < -0.39 is 5.60 Å². The molecule has 1 saturated heterocycles. The molecule has 1 amide bonds. The molecule has 158 valence electrons. The van der Waals surface area contributed by atoms with E-state index in [1.807, 2.05) is 32.9 Å². The Hall–Kier alpha value is -1.71. The number of hydrogen-bond acceptors (Lipinski definition) is 4. The Morgan fingerprint density at radius 1 is 1.29 bits per heavy atom. The number of carbonyl (C=O) groups is 1. The number of hydrogen-bond donors (Lipinski definition) is 2. The molecule has 0 radical (unpaired) electrons. The summed E-state index contributed by atoms with van der Waals surface area (Å²) in [6.45, 7) is 7.95. The van der Waals surface area contributed by atoms with Crippen molar-refractivity contribution in [3.8, 4) is 5.75 Å². The predicted molar refractivity (Wildman–Crippen MR) is 123 cm³/mol. The third kappa shape index (κ3) is 8.12. The zero-order chi connectivity index (χ0) is 19.9. The number of nitrogens with one attached hydrogen (secondary N) is 2. The number of ether oxygens (including phenoxy) is 2. The molecule has 0 saturated carbocycles. The molecule has 0 aliphatic carbocycles. The molecule has 0 bridgehead atoms. The maximum atomic E-state index is 11.9. The van der Waals surface area contributed by atoms with Crippen molar-refractivity contribution < 1.29 is 14.3 Å². The molecule has 28 heavy (non-hydrogen) atoms. The van der Waals surface area contributed by atoms with Crippen LogP contribution in [-0.2, 0) is 11.2 Å². The van der Waals surface area contributed by atoms with Crippen molar-refractivity contribution in [1.82, 2.24) is 15.5 Å². The van der Waals surface area contributed by atoms with Crippen molar-refractivity contribution in [3.63, 3.8) is 0 Å². The van der Waals surface area contributed by atoms with Crippen molar-refractivity contribution in [2.24, 2.45) is 4.99 Å². The van der Waals surface area contributed by atoms with E-state index in [1.165, 1.54) is 5.56 Å². The maximum Gasteiger partial charge on any atom is 0.407 e. The van der Waals surface area contributed by atoms with Crippen LogP contribution in [0.2, 0.25) is 0 Å². The van der Waals surface area contributed by atoms with Gasteiger partial charge in [0.15, 0.2) is 5.96 Å². The van der Waals surface area contributed by atoms with Crippen LogP contribution >= 0.6 is 24.0 Å². The van der Waals surface area contributed by atoms with E-state index in [0.29, 0.717) is 0 Å². The molecule has 1 atom stereocenters. The Morgan fingerprint density at radius 2 is 1.96 bits per heavy atom. The monoisotopic (exact) mass is 504 g/mol. The Labute approximate surface area is 185 Å². The lowest BCUT2D eigenvalue weighted by atomic mass is 10.1. The lowest BCUT2D eigenvalue weighted by molar-refractivity contribution is 0.0507. The van der Waals surface area contributed by atoms with E-state index in [2.05, 4.69) is 32.7 Å². The van der Waals surface area contributed by atoms with Crippen LogP contribution in [0.1, 0.15) is 32.8 Å². The lowest BCUT2D eigenvalue weighted by Crippen LogP contribution is -2.44. The van der Waals surface area contributed by atoms with E-state index >= 15 is 0 Å². The van der Waals surface area contributed by atoms with Crippen LogP contribution < -0.4 is 15.4 Å². The summed E-state index contributed by atoms with van der Waals surface area (Å²) in [5.41, 5.74) is 0.756. The Bertz CT molecular complexity index is 644. The lowest BCUT2D eigenvalue weighted by Gasteiger charge is -2.23. The van der Waals surface area contributed by atoms with Crippen molar-refractivity contribution in [2.45, 2.75) is 45.3 Å². The minimum absolute atomic E-state index is 0. The number of halogens is 1. The summed E-state index contributed by atoms with van der Waals surface area (Å²) in [5, 5.41) is 6.34.